The Bertz CT molecular complexity index is 979. The number of rotatable bonds is 7. The van der Waals surface area contributed by atoms with Gasteiger partial charge in [-0.3, -0.25) is 9.59 Å². The van der Waals surface area contributed by atoms with Gasteiger partial charge in [0.25, 0.3) is 11.5 Å². The van der Waals surface area contributed by atoms with E-state index < -0.39 is 0 Å². The SMILES string of the molecule is COc1cccc(C(=O)NCCn2nc(-c3ccco3)ccc2=O)c1OC. The summed E-state index contributed by atoms with van der Waals surface area (Å²) in [4.78, 5) is 24.4. The number of para-hydroxylation sites is 1. The van der Waals surface area contributed by atoms with Gasteiger partial charge in [-0.25, -0.2) is 4.68 Å². The van der Waals surface area contributed by atoms with Gasteiger partial charge >= 0.3 is 0 Å². The Morgan fingerprint density at radius 2 is 2.00 bits per heavy atom. The fourth-order valence-corrected chi connectivity index (χ4v) is 2.60. The van der Waals surface area contributed by atoms with Gasteiger partial charge in [-0.2, -0.15) is 5.10 Å². The summed E-state index contributed by atoms with van der Waals surface area (Å²) < 4.78 is 17.0. The molecular formula is C19H19N3O5. The molecule has 140 valence electrons. The van der Waals surface area contributed by atoms with Gasteiger partial charge in [0, 0.05) is 12.6 Å². The van der Waals surface area contributed by atoms with Crippen LogP contribution in [0.3, 0.4) is 0 Å². The largest absolute Gasteiger partial charge is 0.493 e. The number of hydrogen-bond acceptors (Lipinski definition) is 6. The number of nitrogens with one attached hydrogen (secondary N) is 1. The van der Waals surface area contributed by atoms with E-state index in [0.717, 1.165) is 0 Å². The van der Waals surface area contributed by atoms with Crippen molar-refractivity contribution in [2.45, 2.75) is 6.54 Å². The summed E-state index contributed by atoms with van der Waals surface area (Å²) in [5.74, 6) is 1.05. The van der Waals surface area contributed by atoms with E-state index in [9.17, 15) is 9.59 Å². The van der Waals surface area contributed by atoms with Crippen LogP contribution in [-0.4, -0.2) is 36.5 Å². The lowest BCUT2D eigenvalue weighted by molar-refractivity contribution is 0.0948. The molecule has 8 nitrogen and oxygen atoms in total. The van der Waals surface area contributed by atoms with Gasteiger partial charge in [0.1, 0.15) is 5.69 Å². The molecule has 0 unspecified atom stereocenters. The highest BCUT2D eigenvalue weighted by Crippen LogP contribution is 2.30. The Labute approximate surface area is 155 Å². The van der Waals surface area contributed by atoms with Gasteiger partial charge in [-0.1, -0.05) is 6.07 Å². The molecule has 1 amide bonds. The van der Waals surface area contributed by atoms with E-state index in [0.29, 0.717) is 28.5 Å². The third kappa shape index (κ3) is 4.00. The number of aromatic nitrogens is 2. The highest BCUT2D eigenvalue weighted by molar-refractivity contribution is 5.97. The molecule has 0 fully saturated rings. The quantitative estimate of drug-likeness (QED) is 0.684. The van der Waals surface area contributed by atoms with E-state index in [1.165, 1.54) is 31.2 Å². The molecule has 0 bridgehead atoms. The second kappa shape index (κ2) is 8.22. The van der Waals surface area contributed by atoms with Crippen LogP contribution in [0.25, 0.3) is 11.5 Å². The molecule has 1 N–H and O–H groups in total. The first-order valence-electron chi connectivity index (χ1n) is 8.25. The average Bonchev–Trinajstić information content (AvgIpc) is 3.23. The standard InChI is InChI=1S/C19H19N3O5/c1-25-16-6-3-5-13(18(16)26-2)19(24)20-10-11-22-17(23)9-8-14(21-22)15-7-4-12-27-15/h3-9,12H,10-11H2,1-2H3,(H,20,24). The van der Waals surface area contributed by atoms with E-state index in [4.69, 9.17) is 13.9 Å². The van der Waals surface area contributed by atoms with Crippen LogP contribution in [0.15, 0.2) is 57.9 Å². The maximum atomic E-state index is 12.5. The van der Waals surface area contributed by atoms with E-state index in [2.05, 4.69) is 10.4 Å². The Morgan fingerprint density at radius 3 is 2.70 bits per heavy atom. The fraction of sp³-hybridized carbons (Fsp3) is 0.211. The van der Waals surface area contributed by atoms with E-state index in [-0.39, 0.29) is 24.6 Å². The molecule has 0 aliphatic carbocycles. The molecule has 0 saturated heterocycles. The normalized spacial score (nSPS) is 10.4. The number of carbonyl (C=O) groups is 1. The van der Waals surface area contributed by atoms with Crippen LogP contribution in [0, 0.1) is 0 Å². The van der Waals surface area contributed by atoms with Crippen molar-refractivity contribution >= 4 is 5.91 Å². The van der Waals surface area contributed by atoms with Crippen LogP contribution in [0.5, 0.6) is 11.5 Å². The maximum absolute atomic E-state index is 12.5. The van der Waals surface area contributed by atoms with Crippen LogP contribution in [0.1, 0.15) is 10.4 Å². The fourth-order valence-electron chi connectivity index (χ4n) is 2.60. The molecule has 3 rings (SSSR count). The van der Waals surface area contributed by atoms with Crippen molar-refractivity contribution in [2.24, 2.45) is 0 Å². The van der Waals surface area contributed by atoms with Crippen LogP contribution in [0.2, 0.25) is 0 Å². The van der Waals surface area contributed by atoms with Crippen molar-refractivity contribution < 1.29 is 18.7 Å². The summed E-state index contributed by atoms with van der Waals surface area (Å²) in [5.41, 5.74) is 0.625. The minimum atomic E-state index is -0.332. The molecule has 0 radical (unpaired) electrons. The Morgan fingerprint density at radius 1 is 1.15 bits per heavy atom. The summed E-state index contributed by atoms with van der Waals surface area (Å²) in [5, 5.41) is 7.02. The molecule has 8 heteroatoms. The van der Waals surface area contributed by atoms with Crippen molar-refractivity contribution in [3.63, 3.8) is 0 Å². The highest BCUT2D eigenvalue weighted by Gasteiger charge is 2.16. The Hall–Kier alpha value is -3.55. The topological polar surface area (TPSA) is 95.6 Å². The number of ether oxygens (including phenoxy) is 2. The molecule has 2 heterocycles. The third-order valence-corrected chi connectivity index (χ3v) is 3.90. The molecular weight excluding hydrogens is 350 g/mol. The second-order valence-corrected chi connectivity index (χ2v) is 5.55. The van der Waals surface area contributed by atoms with Gasteiger partial charge in [0.2, 0.25) is 0 Å². The van der Waals surface area contributed by atoms with E-state index in [1.807, 2.05) is 0 Å². The predicted octanol–water partition coefficient (Wildman–Crippen LogP) is 1.95. The predicted molar refractivity (Wildman–Crippen MR) is 98.1 cm³/mol. The van der Waals surface area contributed by atoms with Gasteiger partial charge in [0.15, 0.2) is 17.3 Å². The molecule has 0 saturated carbocycles. The first-order valence-corrected chi connectivity index (χ1v) is 8.25. The smallest absolute Gasteiger partial charge is 0.266 e. The molecule has 0 atom stereocenters. The number of furan rings is 1. The van der Waals surface area contributed by atoms with E-state index >= 15 is 0 Å². The second-order valence-electron chi connectivity index (χ2n) is 5.55. The maximum Gasteiger partial charge on any atom is 0.266 e. The molecule has 27 heavy (non-hydrogen) atoms. The lowest BCUT2D eigenvalue weighted by Crippen LogP contribution is -2.32. The zero-order valence-corrected chi connectivity index (χ0v) is 15.0. The summed E-state index contributed by atoms with van der Waals surface area (Å²) in [6.45, 7) is 0.430. The Kier molecular flexibility index (Phi) is 5.55. The zero-order chi connectivity index (χ0) is 19.2. The minimum absolute atomic E-state index is 0.214. The zero-order valence-electron chi connectivity index (χ0n) is 15.0. The number of nitrogens with zero attached hydrogens (tertiary/aromatic N) is 2. The van der Waals surface area contributed by atoms with Gasteiger partial charge in [-0.05, 0) is 30.3 Å². The van der Waals surface area contributed by atoms with E-state index in [1.54, 1.807) is 36.4 Å². The van der Waals surface area contributed by atoms with Crippen molar-refractivity contribution in [1.82, 2.24) is 15.1 Å². The van der Waals surface area contributed by atoms with Crippen LogP contribution in [-0.2, 0) is 6.54 Å². The average molecular weight is 369 g/mol. The van der Waals surface area contributed by atoms with Crippen LogP contribution in [0.4, 0.5) is 0 Å². The van der Waals surface area contributed by atoms with Crippen LogP contribution >= 0.6 is 0 Å². The Balaban J connectivity index is 1.69. The molecule has 0 spiro atoms. The molecule has 0 aliphatic heterocycles. The van der Waals surface area contributed by atoms with Crippen molar-refractivity contribution in [3.05, 3.63) is 64.6 Å². The lowest BCUT2D eigenvalue weighted by atomic mass is 10.1. The number of carbonyl (C=O) groups excluding carboxylic acids is 1. The van der Waals surface area contributed by atoms with Crippen molar-refractivity contribution in [2.75, 3.05) is 20.8 Å². The first-order chi connectivity index (χ1) is 13.1. The molecule has 1 aromatic carbocycles. The van der Waals surface area contributed by atoms with Crippen molar-refractivity contribution in [3.8, 4) is 23.0 Å². The molecule has 0 aliphatic rings. The van der Waals surface area contributed by atoms with Gasteiger partial charge in [0.05, 0.1) is 32.6 Å². The summed E-state index contributed by atoms with van der Waals surface area (Å²) >= 11 is 0. The monoisotopic (exact) mass is 369 g/mol. The minimum Gasteiger partial charge on any atom is -0.493 e. The number of hydrogen-bond donors (Lipinski definition) is 1. The van der Waals surface area contributed by atoms with Crippen LogP contribution < -0.4 is 20.3 Å². The van der Waals surface area contributed by atoms with Gasteiger partial charge in [-0.15, -0.1) is 0 Å². The third-order valence-electron chi connectivity index (χ3n) is 3.90. The summed E-state index contributed by atoms with van der Waals surface area (Å²) in [6, 6.07) is 11.6. The summed E-state index contributed by atoms with van der Waals surface area (Å²) in [6.07, 6.45) is 1.54. The number of methoxy groups -OCH3 is 2. The molecule has 3 aromatic rings. The first kappa shape index (κ1) is 18.2. The summed E-state index contributed by atoms with van der Waals surface area (Å²) in [7, 11) is 2.97. The highest BCUT2D eigenvalue weighted by atomic mass is 16.5. The van der Waals surface area contributed by atoms with Gasteiger partial charge < -0.3 is 19.2 Å². The number of amides is 1. The van der Waals surface area contributed by atoms with Crippen molar-refractivity contribution in [1.29, 1.82) is 0 Å². The lowest BCUT2D eigenvalue weighted by Gasteiger charge is -2.13. The molecule has 2 aromatic heterocycles. The number of benzene rings is 1.